The average Bonchev–Trinajstić information content (AvgIpc) is 2.79. The molecular weight excluding hydrogens is 356 g/mol. The fraction of sp³-hybridized carbons (Fsp3) is 0.0667. The van der Waals surface area contributed by atoms with Gasteiger partial charge in [0.05, 0.1) is 11.4 Å². The van der Waals surface area contributed by atoms with E-state index in [4.69, 9.17) is 17.3 Å². The number of amides is 1. The van der Waals surface area contributed by atoms with Gasteiger partial charge in [-0.1, -0.05) is 11.6 Å². The van der Waals surface area contributed by atoms with E-state index in [-0.39, 0.29) is 18.1 Å². The van der Waals surface area contributed by atoms with E-state index in [2.05, 4.69) is 21.2 Å². The summed E-state index contributed by atoms with van der Waals surface area (Å²) in [6.45, 7) is 0. The quantitative estimate of drug-likeness (QED) is 0.633. The van der Waals surface area contributed by atoms with Crippen molar-refractivity contribution in [1.82, 2.24) is 0 Å². The molecule has 0 bridgehead atoms. The van der Waals surface area contributed by atoms with Gasteiger partial charge in [-0.25, -0.2) is 0 Å². The maximum Gasteiger partial charge on any atom is 0.228 e. The number of nitrogens with one attached hydrogen (secondary N) is 1. The van der Waals surface area contributed by atoms with Crippen LogP contribution in [-0.4, -0.2) is 11.7 Å². The van der Waals surface area contributed by atoms with Crippen LogP contribution >= 0.6 is 27.5 Å². The Morgan fingerprint density at radius 2 is 2.05 bits per heavy atom. The summed E-state index contributed by atoms with van der Waals surface area (Å²) in [7, 11) is 0. The largest absolute Gasteiger partial charge is 0.398 e. The number of rotatable bonds is 2. The van der Waals surface area contributed by atoms with Crippen LogP contribution in [-0.2, 0) is 11.2 Å². The van der Waals surface area contributed by atoms with Crippen molar-refractivity contribution in [3.8, 4) is 0 Å². The standard InChI is InChI=1S/C15H10BrClN2O2/c16-10-2-1-7(4-12(10)18)15(21)9-3-8-5-14(20)19-13(8)6-11(9)17/h1-4,6H,5,18H2,(H,19,20). The average molecular weight is 366 g/mol. The van der Waals surface area contributed by atoms with E-state index in [9.17, 15) is 9.59 Å². The molecular formula is C15H10BrClN2O2. The van der Waals surface area contributed by atoms with E-state index in [1.54, 1.807) is 30.3 Å². The van der Waals surface area contributed by atoms with E-state index in [0.29, 0.717) is 27.5 Å². The molecule has 3 rings (SSSR count). The van der Waals surface area contributed by atoms with Crippen LogP contribution in [0, 0.1) is 0 Å². The van der Waals surface area contributed by atoms with Crippen LogP contribution in [0.3, 0.4) is 0 Å². The number of halogens is 2. The number of benzene rings is 2. The van der Waals surface area contributed by atoms with Gasteiger partial charge in [0, 0.05) is 27.0 Å². The summed E-state index contributed by atoms with van der Waals surface area (Å²) in [4.78, 5) is 23.9. The number of fused-ring (bicyclic) bond motifs is 1. The van der Waals surface area contributed by atoms with Crippen LogP contribution in [0.5, 0.6) is 0 Å². The highest BCUT2D eigenvalue weighted by molar-refractivity contribution is 9.10. The molecule has 0 atom stereocenters. The van der Waals surface area contributed by atoms with Gasteiger partial charge in [0.25, 0.3) is 0 Å². The van der Waals surface area contributed by atoms with Gasteiger partial charge in [-0.3, -0.25) is 9.59 Å². The summed E-state index contributed by atoms with van der Waals surface area (Å²) in [6, 6.07) is 8.26. The molecule has 1 amide bonds. The summed E-state index contributed by atoms with van der Waals surface area (Å²) >= 11 is 9.45. The molecule has 4 nitrogen and oxygen atoms in total. The van der Waals surface area contributed by atoms with Crippen molar-refractivity contribution in [3.05, 3.63) is 56.5 Å². The van der Waals surface area contributed by atoms with Gasteiger partial charge in [0.1, 0.15) is 0 Å². The SMILES string of the molecule is Nc1cc(C(=O)c2cc3c(cc2Cl)NC(=O)C3)ccc1Br. The molecule has 0 fully saturated rings. The molecule has 2 aromatic rings. The first kappa shape index (κ1) is 14.1. The topological polar surface area (TPSA) is 72.2 Å². The summed E-state index contributed by atoms with van der Waals surface area (Å²) in [5.74, 6) is -0.320. The molecule has 0 saturated heterocycles. The molecule has 0 spiro atoms. The Labute approximate surface area is 134 Å². The van der Waals surface area contributed by atoms with Crippen molar-refractivity contribution in [2.45, 2.75) is 6.42 Å². The van der Waals surface area contributed by atoms with Crippen molar-refractivity contribution >= 4 is 50.6 Å². The van der Waals surface area contributed by atoms with Crippen LogP contribution in [0.2, 0.25) is 5.02 Å². The number of nitrogens with two attached hydrogens (primary N) is 1. The third kappa shape index (κ3) is 2.54. The lowest BCUT2D eigenvalue weighted by Gasteiger charge is -2.08. The Bertz CT molecular complexity index is 789. The molecule has 1 heterocycles. The molecule has 106 valence electrons. The first-order valence-corrected chi connectivity index (χ1v) is 7.35. The van der Waals surface area contributed by atoms with E-state index in [1.807, 2.05) is 0 Å². The number of nitrogen functional groups attached to an aromatic ring is 1. The van der Waals surface area contributed by atoms with Gasteiger partial charge < -0.3 is 11.1 Å². The van der Waals surface area contributed by atoms with E-state index in [1.165, 1.54) is 0 Å². The van der Waals surface area contributed by atoms with Crippen molar-refractivity contribution in [1.29, 1.82) is 0 Å². The van der Waals surface area contributed by atoms with Gasteiger partial charge >= 0.3 is 0 Å². The van der Waals surface area contributed by atoms with Crippen molar-refractivity contribution in [2.24, 2.45) is 0 Å². The zero-order valence-corrected chi connectivity index (χ0v) is 13.1. The van der Waals surface area contributed by atoms with Crippen LogP contribution < -0.4 is 11.1 Å². The van der Waals surface area contributed by atoms with E-state index in [0.717, 1.165) is 10.0 Å². The number of anilines is 2. The Kier molecular flexibility index (Phi) is 3.47. The van der Waals surface area contributed by atoms with Crippen LogP contribution in [0.1, 0.15) is 21.5 Å². The molecule has 1 aliphatic rings. The normalized spacial score (nSPS) is 13.0. The van der Waals surface area contributed by atoms with Gasteiger partial charge in [0.15, 0.2) is 5.78 Å². The van der Waals surface area contributed by atoms with Gasteiger partial charge in [-0.2, -0.15) is 0 Å². The molecule has 2 aromatic carbocycles. The third-order valence-electron chi connectivity index (χ3n) is 3.32. The highest BCUT2D eigenvalue weighted by Crippen LogP contribution is 2.31. The second kappa shape index (κ2) is 5.16. The first-order chi connectivity index (χ1) is 9.95. The minimum atomic E-state index is -0.221. The molecule has 21 heavy (non-hydrogen) atoms. The smallest absolute Gasteiger partial charge is 0.228 e. The molecule has 3 N–H and O–H groups in total. The van der Waals surface area contributed by atoms with Gasteiger partial charge in [-0.15, -0.1) is 0 Å². The Morgan fingerprint density at radius 3 is 2.76 bits per heavy atom. The predicted molar refractivity (Wildman–Crippen MR) is 85.8 cm³/mol. The molecule has 0 radical (unpaired) electrons. The van der Waals surface area contributed by atoms with E-state index >= 15 is 0 Å². The fourth-order valence-corrected chi connectivity index (χ4v) is 2.76. The van der Waals surface area contributed by atoms with Crippen LogP contribution in [0.15, 0.2) is 34.8 Å². The number of carbonyl (C=O) groups excluding carboxylic acids is 2. The van der Waals surface area contributed by atoms with Crippen molar-refractivity contribution in [2.75, 3.05) is 11.1 Å². The molecule has 0 unspecified atom stereocenters. The first-order valence-electron chi connectivity index (χ1n) is 6.17. The highest BCUT2D eigenvalue weighted by Gasteiger charge is 2.22. The molecule has 6 heteroatoms. The highest BCUT2D eigenvalue weighted by atomic mass is 79.9. The second-order valence-corrected chi connectivity index (χ2v) is 6.04. The molecule has 1 aliphatic heterocycles. The summed E-state index contributed by atoms with van der Waals surface area (Å²) in [5.41, 5.74) is 8.54. The second-order valence-electron chi connectivity index (χ2n) is 4.78. The van der Waals surface area contributed by atoms with Crippen LogP contribution in [0.4, 0.5) is 11.4 Å². The van der Waals surface area contributed by atoms with Gasteiger partial charge in [-0.05, 0) is 51.8 Å². The molecule has 0 aromatic heterocycles. The van der Waals surface area contributed by atoms with Crippen molar-refractivity contribution in [3.63, 3.8) is 0 Å². The monoisotopic (exact) mass is 364 g/mol. The summed E-state index contributed by atoms with van der Waals surface area (Å²) in [6.07, 6.45) is 0.259. The minimum Gasteiger partial charge on any atom is -0.398 e. The number of carbonyl (C=O) groups is 2. The number of hydrogen-bond acceptors (Lipinski definition) is 3. The lowest BCUT2D eigenvalue weighted by molar-refractivity contribution is -0.115. The van der Waals surface area contributed by atoms with Crippen molar-refractivity contribution < 1.29 is 9.59 Å². The zero-order valence-electron chi connectivity index (χ0n) is 10.7. The fourth-order valence-electron chi connectivity index (χ4n) is 2.26. The zero-order chi connectivity index (χ0) is 15.1. The minimum absolute atomic E-state index is 0.0986. The molecule has 0 saturated carbocycles. The predicted octanol–water partition coefficient (Wildman–Crippen LogP) is 3.41. The van der Waals surface area contributed by atoms with Gasteiger partial charge in [0.2, 0.25) is 5.91 Å². The van der Waals surface area contributed by atoms with E-state index < -0.39 is 0 Å². The third-order valence-corrected chi connectivity index (χ3v) is 4.36. The Morgan fingerprint density at radius 1 is 1.29 bits per heavy atom. The van der Waals surface area contributed by atoms with Crippen LogP contribution in [0.25, 0.3) is 0 Å². The number of hydrogen-bond donors (Lipinski definition) is 2. The summed E-state index contributed by atoms with van der Waals surface area (Å²) < 4.78 is 0.730. The Balaban J connectivity index is 2.04. The maximum atomic E-state index is 12.6. The lowest BCUT2D eigenvalue weighted by atomic mass is 10.00. The maximum absolute atomic E-state index is 12.6. The lowest BCUT2D eigenvalue weighted by Crippen LogP contribution is -2.04. The molecule has 0 aliphatic carbocycles. The summed E-state index contributed by atoms with van der Waals surface area (Å²) in [5, 5.41) is 3.01. The Hall–Kier alpha value is -1.85. The number of ketones is 1.